The van der Waals surface area contributed by atoms with Crippen LogP contribution < -0.4 is 10.6 Å². The van der Waals surface area contributed by atoms with Crippen molar-refractivity contribution < 1.29 is 14.7 Å². The number of nitrogens with one attached hydrogen (secondary N) is 2. The molecule has 3 N–H and O–H groups in total. The van der Waals surface area contributed by atoms with Crippen molar-refractivity contribution in [3.8, 4) is 0 Å². The van der Waals surface area contributed by atoms with E-state index in [1.165, 1.54) is 0 Å². The maximum atomic E-state index is 11.8. The predicted octanol–water partition coefficient (Wildman–Crippen LogP) is 1.65. The fourth-order valence-corrected chi connectivity index (χ4v) is 2.07. The molecule has 0 radical (unpaired) electrons. The van der Waals surface area contributed by atoms with Crippen LogP contribution in [0.1, 0.15) is 25.1 Å². The number of carboxylic acid groups (broad SMARTS) is 1. The molecule has 1 unspecified atom stereocenters. The molecule has 7 heteroatoms. The number of nitrogens with zero attached hydrogens (tertiary/aromatic N) is 1. The molecule has 0 saturated carbocycles. The number of thioether (sulfide) groups is 1. The van der Waals surface area contributed by atoms with E-state index in [4.69, 9.17) is 5.11 Å². The predicted molar refractivity (Wildman–Crippen MR) is 78.7 cm³/mol. The highest BCUT2D eigenvalue weighted by molar-refractivity contribution is 7.98. The summed E-state index contributed by atoms with van der Waals surface area (Å²) in [5.74, 6) is -0.354. The van der Waals surface area contributed by atoms with Gasteiger partial charge >= 0.3 is 12.0 Å². The van der Waals surface area contributed by atoms with E-state index in [2.05, 4.69) is 15.6 Å². The first kappa shape index (κ1) is 16.3. The molecule has 1 aromatic heterocycles. The third kappa shape index (κ3) is 5.48. The summed E-state index contributed by atoms with van der Waals surface area (Å²) in [6.07, 6.45) is 3.92. The second-order valence-corrected chi connectivity index (χ2v) is 5.25. The summed E-state index contributed by atoms with van der Waals surface area (Å²) < 4.78 is 0. The van der Waals surface area contributed by atoms with E-state index in [0.717, 1.165) is 5.69 Å². The third-order valence-electron chi connectivity index (χ3n) is 2.69. The molecule has 2 atom stereocenters. The van der Waals surface area contributed by atoms with Crippen LogP contribution in [0.5, 0.6) is 0 Å². The smallest absolute Gasteiger partial charge is 0.326 e. The molecule has 0 aliphatic carbocycles. The number of carboxylic acids is 1. The Bertz CT molecular complexity index is 442. The summed E-state index contributed by atoms with van der Waals surface area (Å²) in [6.45, 7) is 1.79. The Balaban J connectivity index is 2.51. The Labute approximate surface area is 122 Å². The molecule has 0 aromatic carbocycles. The highest BCUT2D eigenvalue weighted by Gasteiger charge is 2.20. The van der Waals surface area contributed by atoms with Crippen LogP contribution in [-0.2, 0) is 4.79 Å². The van der Waals surface area contributed by atoms with Crippen LogP contribution in [0.25, 0.3) is 0 Å². The van der Waals surface area contributed by atoms with Crippen molar-refractivity contribution in [3.63, 3.8) is 0 Å². The number of carbonyl (C=O) groups is 2. The van der Waals surface area contributed by atoms with E-state index < -0.39 is 18.0 Å². The molecule has 1 aromatic rings. The minimum Gasteiger partial charge on any atom is -0.480 e. The van der Waals surface area contributed by atoms with Crippen molar-refractivity contribution in [3.05, 3.63) is 30.1 Å². The topological polar surface area (TPSA) is 91.3 Å². The van der Waals surface area contributed by atoms with Gasteiger partial charge in [0.2, 0.25) is 0 Å². The molecule has 1 rings (SSSR count). The van der Waals surface area contributed by atoms with Gasteiger partial charge in [-0.05, 0) is 37.5 Å². The highest BCUT2D eigenvalue weighted by atomic mass is 32.2. The maximum Gasteiger partial charge on any atom is 0.326 e. The van der Waals surface area contributed by atoms with Crippen LogP contribution in [0.2, 0.25) is 0 Å². The van der Waals surface area contributed by atoms with Crippen molar-refractivity contribution in [1.82, 2.24) is 15.6 Å². The first-order valence-electron chi connectivity index (χ1n) is 6.24. The summed E-state index contributed by atoms with van der Waals surface area (Å²) >= 11 is 1.54. The van der Waals surface area contributed by atoms with Gasteiger partial charge < -0.3 is 15.7 Å². The van der Waals surface area contributed by atoms with Gasteiger partial charge in [0.1, 0.15) is 6.04 Å². The lowest BCUT2D eigenvalue weighted by Crippen LogP contribution is -2.46. The van der Waals surface area contributed by atoms with Gasteiger partial charge in [0.25, 0.3) is 0 Å². The summed E-state index contributed by atoms with van der Waals surface area (Å²) in [5.41, 5.74) is 0.721. The number of aliphatic carboxylic acids is 1. The van der Waals surface area contributed by atoms with Crippen LogP contribution >= 0.6 is 11.8 Å². The zero-order valence-corrected chi connectivity index (χ0v) is 12.3. The zero-order chi connectivity index (χ0) is 15.0. The average molecular weight is 297 g/mol. The number of rotatable bonds is 7. The Morgan fingerprint density at radius 2 is 2.15 bits per heavy atom. The van der Waals surface area contributed by atoms with E-state index in [9.17, 15) is 9.59 Å². The van der Waals surface area contributed by atoms with E-state index in [-0.39, 0.29) is 6.04 Å². The van der Waals surface area contributed by atoms with Crippen LogP contribution in [0.4, 0.5) is 4.79 Å². The van der Waals surface area contributed by atoms with Crippen LogP contribution in [0.3, 0.4) is 0 Å². The minimum absolute atomic E-state index is 0.286. The Morgan fingerprint density at radius 3 is 2.70 bits per heavy atom. The van der Waals surface area contributed by atoms with E-state index in [1.54, 1.807) is 37.0 Å². The Kier molecular flexibility index (Phi) is 6.86. The largest absolute Gasteiger partial charge is 0.480 e. The second-order valence-electron chi connectivity index (χ2n) is 4.27. The second kappa shape index (κ2) is 8.42. The molecule has 6 nitrogen and oxygen atoms in total. The van der Waals surface area contributed by atoms with Crippen LogP contribution in [0.15, 0.2) is 24.4 Å². The molecule has 1 heterocycles. The molecule has 0 saturated heterocycles. The number of hydrogen-bond acceptors (Lipinski definition) is 4. The highest BCUT2D eigenvalue weighted by Crippen LogP contribution is 2.07. The zero-order valence-electron chi connectivity index (χ0n) is 11.5. The fraction of sp³-hybridized carbons (Fsp3) is 0.462. The molecular formula is C13H19N3O3S. The third-order valence-corrected chi connectivity index (χ3v) is 3.34. The number of aromatic nitrogens is 1. The Hall–Kier alpha value is -1.76. The average Bonchev–Trinajstić information content (AvgIpc) is 2.44. The van der Waals surface area contributed by atoms with Gasteiger partial charge in [-0.3, -0.25) is 4.98 Å². The monoisotopic (exact) mass is 297 g/mol. The maximum absolute atomic E-state index is 11.8. The molecule has 20 heavy (non-hydrogen) atoms. The molecule has 0 bridgehead atoms. The molecule has 0 fully saturated rings. The first-order chi connectivity index (χ1) is 9.54. The van der Waals surface area contributed by atoms with E-state index >= 15 is 0 Å². The fourth-order valence-electron chi connectivity index (χ4n) is 1.60. The van der Waals surface area contributed by atoms with Gasteiger partial charge in [-0.25, -0.2) is 9.59 Å². The SMILES string of the molecule is CSCC[C@H](NC(=O)NC(C)c1ccccn1)C(=O)O. The van der Waals surface area contributed by atoms with Gasteiger partial charge in [-0.15, -0.1) is 0 Å². The lowest BCUT2D eigenvalue weighted by atomic mass is 10.2. The van der Waals surface area contributed by atoms with Crippen molar-refractivity contribution in [2.45, 2.75) is 25.4 Å². The van der Waals surface area contributed by atoms with Crippen molar-refractivity contribution in [2.75, 3.05) is 12.0 Å². The number of hydrogen-bond donors (Lipinski definition) is 3. The van der Waals surface area contributed by atoms with E-state index in [1.807, 2.05) is 12.3 Å². The molecular weight excluding hydrogens is 278 g/mol. The molecule has 110 valence electrons. The van der Waals surface area contributed by atoms with Gasteiger partial charge in [0.15, 0.2) is 0 Å². The summed E-state index contributed by atoms with van der Waals surface area (Å²) in [7, 11) is 0. The molecule has 0 aliphatic heterocycles. The minimum atomic E-state index is -1.03. The van der Waals surface area contributed by atoms with Crippen LogP contribution in [0, 0.1) is 0 Å². The standard InChI is InChI=1S/C13H19N3O3S/c1-9(10-5-3-4-7-14-10)15-13(19)16-11(12(17)18)6-8-20-2/h3-5,7,9,11H,6,8H2,1-2H3,(H,17,18)(H2,15,16,19)/t9?,11-/m0/s1. The lowest BCUT2D eigenvalue weighted by molar-refractivity contribution is -0.139. The van der Waals surface area contributed by atoms with Crippen molar-refractivity contribution in [2.24, 2.45) is 0 Å². The number of amides is 2. The van der Waals surface area contributed by atoms with Crippen LogP contribution in [-0.4, -0.2) is 40.1 Å². The normalized spacial score (nSPS) is 13.3. The lowest BCUT2D eigenvalue weighted by Gasteiger charge is -2.17. The number of pyridine rings is 1. The Morgan fingerprint density at radius 1 is 1.40 bits per heavy atom. The van der Waals surface area contributed by atoms with Gasteiger partial charge in [0.05, 0.1) is 11.7 Å². The summed E-state index contributed by atoms with van der Waals surface area (Å²) in [5, 5.41) is 14.2. The number of urea groups is 1. The molecule has 0 spiro atoms. The van der Waals surface area contributed by atoms with Gasteiger partial charge in [0, 0.05) is 6.20 Å². The molecule has 0 aliphatic rings. The quantitative estimate of drug-likeness (QED) is 0.712. The number of carbonyl (C=O) groups excluding carboxylic acids is 1. The van der Waals surface area contributed by atoms with E-state index in [0.29, 0.717) is 12.2 Å². The van der Waals surface area contributed by atoms with Gasteiger partial charge in [-0.1, -0.05) is 6.07 Å². The summed E-state index contributed by atoms with van der Waals surface area (Å²) in [4.78, 5) is 27.0. The molecule has 2 amide bonds. The van der Waals surface area contributed by atoms with Crippen molar-refractivity contribution >= 4 is 23.8 Å². The van der Waals surface area contributed by atoms with Crippen molar-refractivity contribution in [1.29, 1.82) is 0 Å². The van der Waals surface area contributed by atoms with Gasteiger partial charge in [-0.2, -0.15) is 11.8 Å². The first-order valence-corrected chi connectivity index (χ1v) is 7.63. The summed E-state index contributed by atoms with van der Waals surface area (Å²) in [6, 6.07) is 3.75.